The lowest BCUT2D eigenvalue weighted by Gasteiger charge is -2.26. The van der Waals surface area contributed by atoms with E-state index in [1.807, 2.05) is 0 Å². The number of rotatable bonds is 6. The molecule has 0 atom stereocenters. The quantitative estimate of drug-likeness (QED) is 0.163. The van der Waals surface area contributed by atoms with E-state index in [0.29, 0.717) is 0 Å². The molecule has 4 heteroatoms. The fraction of sp³-hybridized carbons (Fsp3) is 0. The van der Waals surface area contributed by atoms with Crippen molar-refractivity contribution in [1.82, 2.24) is 0 Å². The van der Waals surface area contributed by atoms with Crippen LogP contribution in [0.1, 0.15) is 0 Å². The highest BCUT2D eigenvalue weighted by molar-refractivity contribution is 9.10. The third-order valence-corrected chi connectivity index (χ3v) is 8.17. The molecule has 40 heavy (non-hydrogen) atoms. The maximum Gasteiger partial charge on any atom is 0.139 e. The lowest BCUT2D eigenvalue weighted by molar-refractivity contribution is 1.28. The molecule has 6 rings (SSSR count). The summed E-state index contributed by atoms with van der Waals surface area (Å²) < 4.78 is 2.17. The largest absolute Gasteiger partial charge is 0.311 e. The Balaban J connectivity index is 1.37. The predicted octanol–water partition coefficient (Wildman–Crippen LogP) is 9.94. The molecule has 0 aliphatic rings. The van der Waals surface area contributed by atoms with Crippen LogP contribution in [0.5, 0.6) is 0 Å². The van der Waals surface area contributed by atoms with Gasteiger partial charge in [-0.2, -0.15) is 0 Å². The zero-order chi connectivity index (χ0) is 27.5. The van der Waals surface area contributed by atoms with E-state index in [1.54, 1.807) is 0 Å². The summed E-state index contributed by atoms with van der Waals surface area (Å²) in [5.74, 6) is 0. The molecule has 0 radical (unpaired) electrons. The second kappa shape index (κ2) is 11.7. The van der Waals surface area contributed by atoms with E-state index in [4.69, 9.17) is 0 Å². The van der Waals surface area contributed by atoms with Crippen LogP contribution >= 0.6 is 31.9 Å². The number of benzene rings is 6. The smallest absolute Gasteiger partial charge is 0.139 e. The van der Waals surface area contributed by atoms with Gasteiger partial charge in [0, 0.05) is 26.0 Å². The van der Waals surface area contributed by atoms with Gasteiger partial charge in [-0.15, -0.1) is 0 Å². The molecular formula is C36H26BBr2N. The highest BCUT2D eigenvalue weighted by atomic mass is 79.9. The molecule has 0 N–H and O–H groups in total. The first-order valence-electron chi connectivity index (χ1n) is 13.2. The SMILES string of the molecule is Bc1ccc(-c2ccc(N(c3ccc(-c4ccc(Br)cc4)cc3)c3ccc(-c4ccc(Br)cc4)cc3)cc2)cc1. The van der Waals surface area contributed by atoms with Crippen LogP contribution in [0.4, 0.5) is 17.1 Å². The van der Waals surface area contributed by atoms with Crippen molar-refractivity contribution in [3.8, 4) is 33.4 Å². The minimum absolute atomic E-state index is 1.08. The van der Waals surface area contributed by atoms with Gasteiger partial charge >= 0.3 is 0 Å². The Labute approximate surface area is 253 Å². The molecule has 0 spiro atoms. The van der Waals surface area contributed by atoms with E-state index in [2.05, 4.69) is 190 Å². The minimum Gasteiger partial charge on any atom is -0.311 e. The van der Waals surface area contributed by atoms with Crippen molar-refractivity contribution >= 4 is 62.2 Å². The first-order valence-corrected chi connectivity index (χ1v) is 14.8. The predicted molar refractivity (Wildman–Crippen MR) is 181 cm³/mol. The Morgan fingerprint density at radius 1 is 0.325 bits per heavy atom. The van der Waals surface area contributed by atoms with Gasteiger partial charge < -0.3 is 4.90 Å². The normalized spacial score (nSPS) is 10.8. The Bertz CT molecular complexity index is 1500. The van der Waals surface area contributed by atoms with Crippen molar-refractivity contribution in [2.24, 2.45) is 0 Å². The molecule has 0 aliphatic carbocycles. The van der Waals surface area contributed by atoms with Gasteiger partial charge in [-0.3, -0.25) is 0 Å². The summed E-state index contributed by atoms with van der Waals surface area (Å²) in [6.07, 6.45) is 0. The standard InChI is InChI=1S/C36H26BBr2N/c37-31-13-1-25(2-14-31)28-7-19-34(20-8-28)40(35-21-9-29(10-22-35)26-3-15-32(38)16-4-26)36-23-11-30(12-24-36)27-5-17-33(39)18-6-27/h1-24H,37H2. The van der Waals surface area contributed by atoms with Gasteiger partial charge in [-0.05, 0) is 94.0 Å². The van der Waals surface area contributed by atoms with Crippen LogP contribution in [-0.4, -0.2) is 7.85 Å². The zero-order valence-electron chi connectivity index (χ0n) is 22.1. The molecule has 0 aliphatic heterocycles. The van der Waals surface area contributed by atoms with E-state index in [1.165, 1.54) is 38.8 Å². The van der Waals surface area contributed by atoms with Crippen molar-refractivity contribution in [2.75, 3.05) is 4.90 Å². The van der Waals surface area contributed by atoms with Crippen LogP contribution < -0.4 is 10.4 Å². The van der Waals surface area contributed by atoms with Crippen molar-refractivity contribution in [3.63, 3.8) is 0 Å². The van der Waals surface area contributed by atoms with Crippen LogP contribution in [0.25, 0.3) is 33.4 Å². The van der Waals surface area contributed by atoms with Gasteiger partial charge in [0.2, 0.25) is 0 Å². The molecule has 0 bridgehead atoms. The second-order valence-electron chi connectivity index (χ2n) is 9.86. The number of nitrogens with zero attached hydrogens (tertiary/aromatic N) is 1. The summed E-state index contributed by atoms with van der Waals surface area (Å²) in [4.78, 5) is 2.32. The topological polar surface area (TPSA) is 3.24 Å². The lowest BCUT2D eigenvalue weighted by Crippen LogP contribution is -2.09. The summed E-state index contributed by atoms with van der Waals surface area (Å²) >= 11 is 7.08. The van der Waals surface area contributed by atoms with Crippen LogP contribution in [0.15, 0.2) is 155 Å². The lowest BCUT2D eigenvalue weighted by atomic mass is 9.93. The molecule has 0 saturated heterocycles. The fourth-order valence-corrected chi connectivity index (χ4v) is 5.42. The number of anilines is 3. The average molecular weight is 643 g/mol. The third-order valence-electron chi connectivity index (χ3n) is 7.12. The van der Waals surface area contributed by atoms with Crippen molar-refractivity contribution in [3.05, 3.63) is 155 Å². The molecule has 192 valence electrons. The molecule has 0 amide bonds. The van der Waals surface area contributed by atoms with Gasteiger partial charge in [0.25, 0.3) is 0 Å². The fourth-order valence-electron chi connectivity index (χ4n) is 4.89. The van der Waals surface area contributed by atoms with Gasteiger partial charge in [-0.25, -0.2) is 0 Å². The van der Waals surface area contributed by atoms with Crippen LogP contribution in [0.2, 0.25) is 0 Å². The summed E-state index contributed by atoms with van der Waals surface area (Å²) in [5.41, 5.74) is 11.8. The number of hydrogen-bond acceptors (Lipinski definition) is 1. The van der Waals surface area contributed by atoms with Crippen molar-refractivity contribution < 1.29 is 0 Å². The van der Waals surface area contributed by atoms with E-state index in [9.17, 15) is 0 Å². The summed E-state index contributed by atoms with van der Waals surface area (Å²) in [5, 5.41) is 0. The van der Waals surface area contributed by atoms with Crippen molar-refractivity contribution in [1.29, 1.82) is 0 Å². The molecular weight excluding hydrogens is 617 g/mol. The van der Waals surface area contributed by atoms with Gasteiger partial charge in [0.05, 0.1) is 0 Å². The average Bonchev–Trinajstić information content (AvgIpc) is 3.00. The van der Waals surface area contributed by atoms with Crippen LogP contribution in [0.3, 0.4) is 0 Å². The zero-order valence-corrected chi connectivity index (χ0v) is 25.2. The van der Waals surface area contributed by atoms with Gasteiger partial charge in [0.1, 0.15) is 7.85 Å². The molecule has 0 fully saturated rings. The first-order chi connectivity index (χ1) is 19.5. The monoisotopic (exact) mass is 641 g/mol. The molecule has 0 aromatic heterocycles. The Hall–Kier alpha value is -3.86. The number of hydrogen-bond donors (Lipinski definition) is 0. The Morgan fingerprint density at radius 2 is 0.550 bits per heavy atom. The second-order valence-corrected chi connectivity index (χ2v) is 11.7. The van der Waals surface area contributed by atoms with E-state index >= 15 is 0 Å². The molecule has 0 heterocycles. The summed E-state index contributed by atoms with van der Waals surface area (Å²) in [7, 11) is 2.12. The highest BCUT2D eigenvalue weighted by Gasteiger charge is 2.14. The van der Waals surface area contributed by atoms with Crippen LogP contribution in [0, 0.1) is 0 Å². The summed E-state index contributed by atoms with van der Waals surface area (Å²) in [6.45, 7) is 0. The third kappa shape index (κ3) is 5.84. The Kier molecular flexibility index (Phi) is 7.72. The van der Waals surface area contributed by atoms with E-state index in [-0.39, 0.29) is 0 Å². The van der Waals surface area contributed by atoms with Gasteiger partial charge in [0.15, 0.2) is 0 Å². The summed E-state index contributed by atoms with van der Waals surface area (Å²) in [6, 6.07) is 52.0. The highest BCUT2D eigenvalue weighted by Crippen LogP contribution is 2.37. The molecule has 6 aromatic rings. The molecule has 0 unspecified atom stereocenters. The minimum atomic E-state index is 1.08. The molecule has 0 saturated carbocycles. The van der Waals surface area contributed by atoms with Gasteiger partial charge in [-0.1, -0.05) is 122 Å². The Morgan fingerprint density at radius 3 is 0.825 bits per heavy atom. The van der Waals surface area contributed by atoms with E-state index in [0.717, 1.165) is 26.0 Å². The maximum absolute atomic E-state index is 3.54. The number of halogens is 2. The maximum atomic E-state index is 3.54. The van der Waals surface area contributed by atoms with E-state index < -0.39 is 0 Å². The van der Waals surface area contributed by atoms with Crippen molar-refractivity contribution in [2.45, 2.75) is 0 Å². The first kappa shape index (κ1) is 26.4. The van der Waals surface area contributed by atoms with Crippen LogP contribution in [-0.2, 0) is 0 Å². The molecule has 6 aromatic carbocycles. The molecule has 1 nitrogen and oxygen atoms in total.